The second-order valence-corrected chi connectivity index (χ2v) is 2.86. The third-order valence-electron chi connectivity index (χ3n) is 1.85. The van der Waals surface area contributed by atoms with Crippen LogP contribution in [0.5, 0.6) is 0 Å². The molecular weight excluding hydrogens is 170 g/mol. The standard InChI is InChI=1S/C9H17NO3/c1-3-7(5-6-8(10)11)9(12)13-4-2/h7H,3-6H2,1-2H3,(H2,10,11). The monoisotopic (exact) mass is 187 g/mol. The van der Waals surface area contributed by atoms with E-state index in [0.717, 1.165) is 0 Å². The fourth-order valence-electron chi connectivity index (χ4n) is 1.07. The van der Waals surface area contributed by atoms with Crippen LogP contribution in [0.3, 0.4) is 0 Å². The molecule has 0 aromatic carbocycles. The van der Waals surface area contributed by atoms with Gasteiger partial charge < -0.3 is 10.5 Å². The van der Waals surface area contributed by atoms with Crippen LogP contribution in [-0.2, 0) is 14.3 Å². The average Bonchev–Trinajstić information content (AvgIpc) is 2.05. The van der Waals surface area contributed by atoms with Gasteiger partial charge in [0.25, 0.3) is 0 Å². The van der Waals surface area contributed by atoms with Crippen molar-refractivity contribution in [2.24, 2.45) is 11.7 Å². The first-order valence-corrected chi connectivity index (χ1v) is 4.56. The number of hydrogen-bond acceptors (Lipinski definition) is 3. The minimum Gasteiger partial charge on any atom is -0.466 e. The van der Waals surface area contributed by atoms with E-state index >= 15 is 0 Å². The molecule has 76 valence electrons. The van der Waals surface area contributed by atoms with Crippen LogP contribution in [0.15, 0.2) is 0 Å². The largest absolute Gasteiger partial charge is 0.466 e. The Morgan fingerprint density at radius 3 is 2.38 bits per heavy atom. The molecule has 0 aromatic rings. The Labute approximate surface area is 78.4 Å². The number of amides is 1. The quantitative estimate of drug-likeness (QED) is 0.626. The number of hydrogen-bond donors (Lipinski definition) is 1. The summed E-state index contributed by atoms with van der Waals surface area (Å²) in [5.41, 5.74) is 4.98. The molecule has 0 heterocycles. The molecule has 0 bridgehead atoms. The molecule has 0 aliphatic carbocycles. The van der Waals surface area contributed by atoms with E-state index in [1.54, 1.807) is 6.92 Å². The predicted molar refractivity (Wildman–Crippen MR) is 48.8 cm³/mol. The molecule has 0 aromatic heterocycles. The van der Waals surface area contributed by atoms with Gasteiger partial charge in [-0.05, 0) is 19.8 Å². The van der Waals surface area contributed by atoms with E-state index < -0.39 is 0 Å². The highest BCUT2D eigenvalue weighted by Gasteiger charge is 2.17. The second kappa shape index (κ2) is 6.46. The molecule has 1 atom stereocenters. The predicted octanol–water partition coefficient (Wildman–Crippen LogP) is 0.841. The molecule has 0 fully saturated rings. The third kappa shape index (κ3) is 5.22. The molecule has 1 amide bonds. The summed E-state index contributed by atoms with van der Waals surface area (Å²) < 4.78 is 4.84. The van der Waals surface area contributed by atoms with Crippen LogP contribution in [0, 0.1) is 5.92 Å². The van der Waals surface area contributed by atoms with E-state index in [9.17, 15) is 9.59 Å². The average molecular weight is 187 g/mol. The summed E-state index contributed by atoms with van der Waals surface area (Å²) in [6.07, 6.45) is 1.42. The lowest BCUT2D eigenvalue weighted by Crippen LogP contribution is -2.20. The number of nitrogens with two attached hydrogens (primary N) is 1. The van der Waals surface area contributed by atoms with Gasteiger partial charge in [-0.15, -0.1) is 0 Å². The molecule has 4 heteroatoms. The van der Waals surface area contributed by atoms with E-state index in [1.807, 2.05) is 6.92 Å². The zero-order valence-corrected chi connectivity index (χ0v) is 8.21. The molecule has 2 N–H and O–H groups in total. The summed E-state index contributed by atoms with van der Waals surface area (Å²) >= 11 is 0. The van der Waals surface area contributed by atoms with E-state index in [4.69, 9.17) is 10.5 Å². The molecular formula is C9H17NO3. The lowest BCUT2D eigenvalue weighted by atomic mass is 10.0. The van der Waals surface area contributed by atoms with Crippen LogP contribution in [0.25, 0.3) is 0 Å². The minimum absolute atomic E-state index is 0.188. The van der Waals surface area contributed by atoms with Crippen molar-refractivity contribution in [3.8, 4) is 0 Å². The normalized spacial score (nSPS) is 12.2. The Hall–Kier alpha value is -1.06. The van der Waals surface area contributed by atoms with Gasteiger partial charge in [-0.1, -0.05) is 6.92 Å². The van der Waals surface area contributed by atoms with E-state index in [-0.39, 0.29) is 24.2 Å². The highest BCUT2D eigenvalue weighted by Crippen LogP contribution is 2.12. The molecule has 13 heavy (non-hydrogen) atoms. The highest BCUT2D eigenvalue weighted by atomic mass is 16.5. The molecule has 4 nitrogen and oxygen atoms in total. The number of primary amides is 1. The summed E-state index contributed by atoms with van der Waals surface area (Å²) in [7, 11) is 0. The van der Waals surface area contributed by atoms with Crippen molar-refractivity contribution in [2.75, 3.05) is 6.61 Å². The first-order chi connectivity index (χ1) is 6.11. The number of rotatable bonds is 6. The molecule has 1 unspecified atom stereocenters. The molecule has 0 saturated heterocycles. The molecule has 0 radical (unpaired) electrons. The summed E-state index contributed by atoms with van der Waals surface area (Å²) in [5.74, 6) is -0.790. The van der Waals surface area contributed by atoms with Gasteiger partial charge >= 0.3 is 5.97 Å². The lowest BCUT2D eigenvalue weighted by Gasteiger charge is -2.11. The SMILES string of the molecule is CCOC(=O)C(CC)CCC(N)=O. The Morgan fingerprint density at radius 1 is 1.38 bits per heavy atom. The molecule has 0 saturated carbocycles. The van der Waals surface area contributed by atoms with Crippen LogP contribution in [0.4, 0.5) is 0 Å². The van der Waals surface area contributed by atoms with Crippen molar-refractivity contribution < 1.29 is 14.3 Å². The Morgan fingerprint density at radius 2 is 2.00 bits per heavy atom. The summed E-state index contributed by atoms with van der Waals surface area (Å²) in [6.45, 7) is 4.03. The Bertz CT molecular complexity index is 180. The van der Waals surface area contributed by atoms with E-state index in [1.165, 1.54) is 0 Å². The van der Waals surface area contributed by atoms with Gasteiger partial charge in [0.05, 0.1) is 12.5 Å². The Balaban J connectivity index is 3.87. The van der Waals surface area contributed by atoms with E-state index in [0.29, 0.717) is 19.4 Å². The molecule has 0 spiro atoms. The fourth-order valence-corrected chi connectivity index (χ4v) is 1.07. The Kier molecular flexibility index (Phi) is 5.93. The summed E-state index contributed by atoms with van der Waals surface area (Å²) in [6, 6.07) is 0. The van der Waals surface area contributed by atoms with E-state index in [2.05, 4.69) is 0 Å². The van der Waals surface area contributed by atoms with Crippen LogP contribution in [0.1, 0.15) is 33.1 Å². The summed E-state index contributed by atoms with van der Waals surface area (Å²) in [5, 5.41) is 0. The fraction of sp³-hybridized carbons (Fsp3) is 0.778. The van der Waals surface area contributed by atoms with Crippen molar-refractivity contribution in [1.29, 1.82) is 0 Å². The van der Waals surface area contributed by atoms with Gasteiger partial charge in [0.15, 0.2) is 0 Å². The smallest absolute Gasteiger partial charge is 0.308 e. The molecule has 0 rings (SSSR count). The van der Waals surface area contributed by atoms with Crippen molar-refractivity contribution in [3.05, 3.63) is 0 Å². The summed E-state index contributed by atoms with van der Waals surface area (Å²) in [4.78, 5) is 21.7. The number of carbonyl (C=O) groups excluding carboxylic acids is 2. The highest BCUT2D eigenvalue weighted by molar-refractivity contribution is 5.76. The van der Waals surface area contributed by atoms with Crippen molar-refractivity contribution in [2.45, 2.75) is 33.1 Å². The maximum Gasteiger partial charge on any atom is 0.308 e. The van der Waals surface area contributed by atoms with Crippen molar-refractivity contribution >= 4 is 11.9 Å². The topological polar surface area (TPSA) is 69.4 Å². The molecule has 0 aliphatic rings. The first kappa shape index (κ1) is 11.9. The van der Waals surface area contributed by atoms with Gasteiger partial charge in [-0.2, -0.15) is 0 Å². The maximum atomic E-state index is 11.2. The van der Waals surface area contributed by atoms with Crippen molar-refractivity contribution in [3.63, 3.8) is 0 Å². The van der Waals surface area contributed by atoms with Crippen LogP contribution in [-0.4, -0.2) is 18.5 Å². The van der Waals surface area contributed by atoms with Gasteiger partial charge in [0.2, 0.25) is 5.91 Å². The number of ether oxygens (including phenoxy) is 1. The minimum atomic E-state index is -0.372. The maximum absolute atomic E-state index is 11.2. The van der Waals surface area contributed by atoms with Gasteiger partial charge in [0.1, 0.15) is 0 Å². The lowest BCUT2D eigenvalue weighted by molar-refractivity contribution is -0.148. The number of esters is 1. The second-order valence-electron chi connectivity index (χ2n) is 2.86. The molecule has 0 aliphatic heterocycles. The van der Waals surface area contributed by atoms with Crippen molar-refractivity contribution in [1.82, 2.24) is 0 Å². The van der Waals surface area contributed by atoms with Crippen LogP contribution < -0.4 is 5.73 Å². The number of carbonyl (C=O) groups is 2. The zero-order valence-electron chi connectivity index (χ0n) is 8.21. The van der Waals surface area contributed by atoms with Gasteiger partial charge in [-0.3, -0.25) is 9.59 Å². The third-order valence-corrected chi connectivity index (χ3v) is 1.85. The van der Waals surface area contributed by atoms with Gasteiger partial charge in [0, 0.05) is 6.42 Å². The van der Waals surface area contributed by atoms with Crippen LogP contribution in [0.2, 0.25) is 0 Å². The van der Waals surface area contributed by atoms with Crippen LogP contribution >= 0.6 is 0 Å². The zero-order chi connectivity index (χ0) is 10.3. The first-order valence-electron chi connectivity index (χ1n) is 4.56. The van der Waals surface area contributed by atoms with Gasteiger partial charge in [-0.25, -0.2) is 0 Å².